The van der Waals surface area contributed by atoms with Gasteiger partial charge < -0.3 is 9.64 Å². The maximum atomic E-state index is 13.7. The number of hydrogen-bond acceptors (Lipinski definition) is 4. The summed E-state index contributed by atoms with van der Waals surface area (Å²) in [6.07, 6.45) is 2.35. The number of fused-ring (bicyclic) bond motifs is 1. The summed E-state index contributed by atoms with van der Waals surface area (Å²) in [5.74, 6) is -0.509. The van der Waals surface area contributed by atoms with Gasteiger partial charge in [-0.05, 0) is 47.4 Å². The first-order valence-electron chi connectivity index (χ1n) is 12.1. The number of carbonyl (C=O) groups is 2. The lowest BCUT2D eigenvalue weighted by molar-refractivity contribution is -0.175. The highest BCUT2D eigenvalue weighted by atomic mass is 16.6. The van der Waals surface area contributed by atoms with Crippen LogP contribution < -0.4 is 4.90 Å². The third kappa shape index (κ3) is 4.02. The second kappa shape index (κ2) is 8.75. The molecule has 4 heteroatoms. The van der Waals surface area contributed by atoms with Crippen molar-refractivity contribution in [1.29, 1.82) is 0 Å². The molecule has 0 saturated carbocycles. The molecule has 2 unspecified atom stereocenters. The highest BCUT2D eigenvalue weighted by Gasteiger charge is 2.51. The highest BCUT2D eigenvalue weighted by molar-refractivity contribution is 6.08. The van der Waals surface area contributed by atoms with Crippen LogP contribution in [-0.2, 0) is 31.8 Å². The zero-order valence-corrected chi connectivity index (χ0v) is 19.9. The van der Waals surface area contributed by atoms with Crippen LogP contribution in [0.2, 0.25) is 0 Å². The summed E-state index contributed by atoms with van der Waals surface area (Å²) in [5.41, 5.74) is 3.23. The monoisotopic (exact) mass is 453 g/mol. The number of rotatable bonds is 5. The van der Waals surface area contributed by atoms with E-state index in [0.717, 1.165) is 29.7 Å². The Balaban J connectivity index is 1.47. The second-order valence-electron chi connectivity index (χ2n) is 10.2. The summed E-state index contributed by atoms with van der Waals surface area (Å²) >= 11 is 0. The number of benzene rings is 3. The van der Waals surface area contributed by atoms with E-state index in [2.05, 4.69) is 32.0 Å². The summed E-state index contributed by atoms with van der Waals surface area (Å²) < 4.78 is 6.28. The molecule has 0 aromatic heterocycles. The molecule has 1 saturated heterocycles. The van der Waals surface area contributed by atoms with Crippen molar-refractivity contribution in [1.82, 2.24) is 0 Å². The van der Waals surface area contributed by atoms with Crippen LogP contribution in [0.5, 0.6) is 0 Å². The van der Waals surface area contributed by atoms with Gasteiger partial charge in [-0.2, -0.15) is 0 Å². The van der Waals surface area contributed by atoms with Gasteiger partial charge in [0.2, 0.25) is 0 Å². The Morgan fingerprint density at radius 1 is 0.882 bits per heavy atom. The van der Waals surface area contributed by atoms with Crippen molar-refractivity contribution < 1.29 is 14.3 Å². The topological polar surface area (TPSA) is 46.6 Å². The molecule has 174 valence electrons. The van der Waals surface area contributed by atoms with Gasteiger partial charge in [-0.15, -0.1) is 0 Å². The van der Waals surface area contributed by atoms with Gasteiger partial charge in [0, 0.05) is 12.2 Å². The van der Waals surface area contributed by atoms with Gasteiger partial charge in [-0.3, -0.25) is 4.79 Å². The molecule has 0 spiro atoms. The fraction of sp³-hybridized carbons (Fsp3) is 0.333. The van der Waals surface area contributed by atoms with Crippen LogP contribution >= 0.6 is 0 Å². The predicted molar refractivity (Wildman–Crippen MR) is 134 cm³/mol. The molecule has 3 aromatic carbocycles. The van der Waals surface area contributed by atoms with Gasteiger partial charge in [0.05, 0.1) is 6.42 Å². The van der Waals surface area contributed by atoms with Crippen LogP contribution in [-0.4, -0.2) is 24.3 Å². The first kappa shape index (κ1) is 22.4. The van der Waals surface area contributed by atoms with Crippen LogP contribution in [0.25, 0.3) is 0 Å². The van der Waals surface area contributed by atoms with Crippen molar-refractivity contribution >= 4 is 17.4 Å². The number of ether oxygens (including phenoxy) is 1. The van der Waals surface area contributed by atoms with E-state index in [-0.39, 0.29) is 17.6 Å². The molecule has 1 fully saturated rings. The van der Waals surface area contributed by atoms with E-state index in [0.29, 0.717) is 13.0 Å². The van der Waals surface area contributed by atoms with Gasteiger partial charge in [-0.25, -0.2) is 4.79 Å². The molecule has 3 aromatic rings. The molecule has 0 amide bonds. The van der Waals surface area contributed by atoms with Crippen molar-refractivity contribution in [3.63, 3.8) is 0 Å². The van der Waals surface area contributed by atoms with Gasteiger partial charge in [-0.1, -0.05) is 92.7 Å². The Morgan fingerprint density at radius 2 is 1.53 bits per heavy atom. The molecule has 5 rings (SSSR count). The third-order valence-corrected chi connectivity index (χ3v) is 7.48. The van der Waals surface area contributed by atoms with Crippen LogP contribution in [0.3, 0.4) is 0 Å². The molecule has 0 bridgehead atoms. The lowest BCUT2D eigenvalue weighted by Gasteiger charge is -2.46. The number of nitrogens with zero attached hydrogens (tertiary/aromatic N) is 1. The summed E-state index contributed by atoms with van der Waals surface area (Å²) in [6, 6.07) is 27.1. The Kier molecular flexibility index (Phi) is 5.76. The molecular formula is C30H31NO3. The van der Waals surface area contributed by atoms with Gasteiger partial charge >= 0.3 is 5.97 Å². The van der Waals surface area contributed by atoms with E-state index in [1.165, 1.54) is 5.56 Å². The number of aryl methyl sites for hydroxylation is 1. The SMILES string of the molecule is CC1(C)CCN(C2C(=O)CC(CCc3ccccc3)(c3ccccc3)OC2=O)c2ccccc21. The molecule has 2 aliphatic heterocycles. The lowest BCUT2D eigenvalue weighted by Crippen LogP contribution is -2.58. The van der Waals surface area contributed by atoms with Crippen LogP contribution in [0.1, 0.15) is 49.8 Å². The maximum Gasteiger partial charge on any atom is 0.337 e. The number of anilines is 1. The van der Waals surface area contributed by atoms with Gasteiger partial charge in [0.15, 0.2) is 11.8 Å². The van der Waals surface area contributed by atoms with Crippen molar-refractivity contribution in [2.24, 2.45) is 0 Å². The minimum atomic E-state index is -0.948. The zero-order valence-electron chi connectivity index (χ0n) is 19.9. The molecule has 34 heavy (non-hydrogen) atoms. The first-order chi connectivity index (χ1) is 16.4. The maximum absolute atomic E-state index is 13.7. The van der Waals surface area contributed by atoms with Crippen LogP contribution in [0.15, 0.2) is 84.9 Å². The standard InChI is InChI=1S/C30H31NO3/c1-29(2)19-20-31(25-16-10-9-15-24(25)29)27-26(32)21-30(34-28(27)33,23-13-7-4-8-14-23)18-17-22-11-5-3-6-12-22/h3-16,27H,17-21H2,1-2H3. The van der Waals surface area contributed by atoms with E-state index < -0.39 is 17.6 Å². The van der Waals surface area contributed by atoms with E-state index in [9.17, 15) is 9.59 Å². The quantitative estimate of drug-likeness (QED) is 0.373. The number of Topliss-reactive ketones (excluding diaryl/α,β-unsaturated/α-hetero) is 1. The Morgan fingerprint density at radius 3 is 2.24 bits per heavy atom. The molecule has 2 atom stereocenters. The van der Waals surface area contributed by atoms with Crippen LogP contribution in [0.4, 0.5) is 5.69 Å². The molecule has 0 N–H and O–H groups in total. The lowest BCUT2D eigenvalue weighted by atomic mass is 9.76. The molecule has 0 radical (unpaired) electrons. The number of carbonyl (C=O) groups excluding carboxylic acids is 2. The fourth-order valence-electron chi connectivity index (χ4n) is 5.49. The highest BCUT2D eigenvalue weighted by Crippen LogP contribution is 2.44. The van der Waals surface area contributed by atoms with E-state index in [4.69, 9.17) is 4.74 Å². The molecule has 4 nitrogen and oxygen atoms in total. The molecule has 2 heterocycles. The number of ketones is 1. The zero-order chi connectivity index (χ0) is 23.8. The summed E-state index contributed by atoms with van der Waals surface area (Å²) in [6.45, 7) is 5.08. The average Bonchev–Trinajstić information content (AvgIpc) is 2.85. The summed E-state index contributed by atoms with van der Waals surface area (Å²) in [7, 11) is 0. The van der Waals surface area contributed by atoms with E-state index in [1.807, 2.05) is 71.6 Å². The predicted octanol–water partition coefficient (Wildman–Crippen LogP) is 5.59. The number of hydrogen-bond donors (Lipinski definition) is 0. The Labute approximate surface area is 201 Å². The summed E-state index contributed by atoms with van der Waals surface area (Å²) in [5, 5.41) is 0. The minimum absolute atomic E-state index is 0.00179. The molecule has 0 aliphatic carbocycles. The minimum Gasteiger partial charge on any atom is -0.452 e. The second-order valence-corrected chi connectivity index (χ2v) is 10.2. The molecular weight excluding hydrogens is 422 g/mol. The molecule has 2 aliphatic rings. The smallest absolute Gasteiger partial charge is 0.337 e. The fourth-order valence-corrected chi connectivity index (χ4v) is 5.49. The first-order valence-corrected chi connectivity index (χ1v) is 12.1. The Hall–Kier alpha value is -3.40. The van der Waals surface area contributed by atoms with Crippen LogP contribution in [0, 0.1) is 0 Å². The Bertz CT molecular complexity index is 1170. The average molecular weight is 454 g/mol. The van der Waals surface area contributed by atoms with Crippen molar-refractivity contribution in [3.8, 4) is 0 Å². The third-order valence-electron chi connectivity index (χ3n) is 7.48. The van der Waals surface area contributed by atoms with E-state index in [1.54, 1.807) is 0 Å². The van der Waals surface area contributed by atoms with E-state index >= 15 is 0 Å². The normalized spacial score (nSPS) is 23.8. The summed E-state index contributed by atoms with van der Waals surface area (Å²) in [4.78, 5) is 29.3. The van der Waals surface area contributed by atoms with Crippen molar-refractivity contribution in [2.75, 3.05) is 11.4 Å². The van der Waals surface area contributed by atoms with Gasteiger partial charge in [0.1, 0.15) is 5.60 Å². The van der Waals surface area contributed by atoms with Crippen molar-refractivity contribution in [3.05, 3.63) is 102 Å². The van der Waals surface area contributed by atoms with Gasteiger partial charge in [0.25, 0.3) is 0 Å². The number of cyclic esters (lactones) is 1. The van der Waals surface area contributed by atoms with Crippen molar-refractivity contribution in [2.45, 2.75) is 56.6 Å². The number of esters is 1. The number of para-hydroxylation sites is 1. The largest absolute Gasteiger partial charge is 0.452 e.